The Morgan fingerprint density at radius 2 is 1.90 bits per heavy atom. The first-order chi connectivity index (χ1) is 9.99. The van der Waals surface area contributed by atoms with Gasteiger partial charge in [-0.25, -0.2) is 0 Å². The van der Waals surface area contributed by atoms with Crippen LogP contribution in [-0.4, -0.2) is 42.8 Å². The summed E-state index contributed by atoms with van der Waals surface area (Å²) < 4.78 is 6.54. The number of nitrogens with two attached hydrogens (primary N) is 1. The van der Waals surface area contributed by atoms with Crippen molar-refractivity contribution in [3.63, 3.8) is 0 Å². The highest BCUT2D eigenvalue weighted by Crippen LogP contribution is 2.42. The minimum atomic E-state index is 0.205. The van der Waals surface area contributed by atoms with E-state index in [-0.39, 0.29) is 11.0 Å². The van der Waals surface area contributed by atoms with Gasteiger partial charge in [0.1, 0.15) is 0 Å². The lowest BCUT2D eigenvalue weighted by Crippen LogP contribution is -2.43. The quantitative estimate of drug-likeness (QED) is 0.780. The largest absolute Gasteiger partial charge is 0.370 e. The van der Waals surface area contributed by atoms with Crippen LogP contribution >= 0.6 is 0 Å². The van der Waals surface area contributed by atoms with Gasteiger partial charge in [-0.05, 0) is 50.6 Å². The maximum atomic E-state index is 6.54. The zero-order valence-electron chi connectivity index (χ0n) is 14.5. The van der Waals surface area contributed by atoms with E-state index in [0.29, 0.717) is 6.10 Å². The molecule has 2 N–H and O–H groups in total. The summed E-state index contributed by atoms with van der Waals surface area (Å²) in [6, 6.07) is 0. The number of nitrogens with zero attached hydrogens (tertiary/aromatic N) is 1. The highest BCUT2D eigenvalue weighted by Gasteiger charge is 2.41. The van der Waals surface area contributed by atoms with Gasteiger partial charge in [0.2, 0.25) is 0 Å². The van der Waals surface area contributed by atoms with Crippen molar-refractivity contribution in [2.75, 3.05) is 26.2 Å². The predicted molar refractivity (Wildman–Crippen MR) is 89.5 cm³/mol. The van der Waals surface area contributed by atoms with Crippen LogP contribution in [0.25, 0.3) is 0 Å². The molecule has 0 aromatic carbocycles. The summed E-state index contributed by atoms with van der Waals surface area (Å²) in [4.78, 5) is 2.58. The van der Waals surface area contributed by atoms with Crippen molar-refractivity contribution in [1.29, 1.82) is 0 Å². The van der Waals surface area contributed by atoms with E-state index in [9.17, 15) is 0 Å². The Morgan fingerprint density at radius 3 is 2.52 bits per heavy atom. The van der Waals surface area contributed by atoms with Crippen molar-refractivity contribution in [3.05, 3.63) is 0 Å². The summed E-state index contributed by atoms with van der Waals surface area (Å²) in [7, 11) is 0. The normalized spacial score (nSPS) is 25.9. The molecule has 0 aromatic rings. The fourth-order valence-electron chi connectivity index (χ4n) is 4.10. The van der Waals surface area contributed by atoms with Gasteiger partial charge in [0.25, 0.3) is 0 Å². The molecule has 1 saturated heterocycles. The summed E-state index contributed by atoms with van der Waals surface area (Å²) in [5, 5.41) is 0. The van der Waals surface area contributed by atoms with E-state index in [4.69, 9.17) is 10.5 Å². The number of ether oxygens (including phenoxy) is 1. The van der Waals surface area contributed by atoms with Crippen LogP contribution in [0.2, 0.25) is 0 Å². The first-order valence-electron chi connectivity index (χ1n) is 9.09. The Morgan fingerprint density at radius 1 is 1.19 bits per heavy atom. The van der Waals surface area contributed by atoms with Gasteiger partial charge in [0.15, 0.2) is 0 Å². The average molecular weight is 296 g/mol. The molecule has 1 unspecified atom stereocenters. The maximum absolute atomic E-state index is 6.54. The van der Waals surface area contributed by atoms with Gasteiger partial charge < -0.3 is 15.4 Å². The molecule has 3 heteroatoms. The van der Waals surface area contributed by atoms with Crippen LogP contribution in [-0.2, 0) is 4.74 Å². The van der Waals surface area contributed by atoms with E-state index < -0.39 is 0 Å². The molecule has 1 saturated carbocycles. The highest BCUT2D eigenvalue weighted by atomic mass is 16.5. The van der Waals surface area contributed by atoms with Crippen molar-refractivity contribution >= 4 is 0 Å². The van der Waals surface area contributed by atoms with Crippen LogP contribution in [0.3, 0.4) is 0 Å². The van der Waals surface area contributed by atoms with Crippen LogP contribution in [0.15, 0.2) is 0 Å². The van der Waals surface area contributed by atoms with Crippen molar-refractivity contribution in [1.82, 2.24) is 4.90 Å². The molecular formula is C18H36N2O. The lowest BCUT2D eigenvalue weighted by atomic mass is 9.83. The van der Waals surface area contributed by atoms with E-state index in [1.54, 1.807) is 0 Å². The van der Waals surface area contributed by atoms with Gasteiger partial charge in [-0.1, -0.05) is 40.0 Å². The topological polar surface area (TPSA) is 38.5 Å². The molecule has 0 aromatic heterocycles. The smallest absolute Gasteiger partial charge is 0.0710 e. The maximum Gasteiger partial charge on any atom is 0.0710 e. The molecule has 2 aliphatic rings. The zero-order valence-corrected chi connectivity index (χ0v) is 14.5. The third kappa shape index (κ3) is 4.94. The minimum absolute atomic E-state index is 0.205. The van der Waals surface area contributed by atoms with Gasteiger partial charge in [0, 0.05) is 13.1 Å². The lowest BCUT2D eigenvalue weighted by molar-refractivity contribution is -0.0735. The fraction of sp³-hybridized carbons (Fsp3) is 1.00. The summed E-state index contributed by atoms with van der Waals surface area (Å²) in [5.41, 5.74) is 6.37. The number of hydrogen-bond acceptors (Lipinski definition) is 3. The molecule has 21 heavy (non-hydrogen) atoms. The Balaban J connectivity index is 1.86. The van der Waals surface area contributed by atoms with Crippen molar-refractivity contribution in [3.8, 4) is 0 Å². The van der Waals surface area contributed by atoms with Crippen LogP contribution in [0, 0.1) is 5.41 Å². The predicted octanol–water partition coefficient (Wildman–Crippen LogP) is 3.57. The molecular weight excluding hydrogens is 260 g/mol. The molecule has 3 nitrogen and oxygen atoms in total. The summed E-state index contributed by atoms with van der Waals surface area (Å²) in [6.45, 7) is 10.9. The monoisotopic (exact) mass is 296 g/mol. The Bertz CT molecular complexity index is 310. The second kappa shape index (κ2) is 7.43. The van der Waals surface area contributed by atoms with E-state index in [1.807, 2.05) is 0 Å². The van der Waals surface area contributed by atoms with Crippen LogP contribution < -0.4 is 5.73 Å². The standard InChI is InChI=1S/C18H36N2O/c1-4-12-20(15-17(2,3)14-19)13-16-8-11-18(21-16)9-6-5-7-10-18/h16H,4-15,19H2,1-3H3. The molecule has 2 fully saturated rings. The number of rotatable bonds is 7. The van der Waals surface area contributed by atoms with Gasteiger partial charge in [-0.3, -0.25) is 0 Å². The van der Waals surface area contributed by atoms with Gasteiger partial charge >= 0.3 is 0 Å². The molecule has 124 valence electrons. The third-order valence-corrected chi connectivity index (χ3v) is 5.31. The van der Waals surface area contributed by atoms with E-state index in [0.717, 1.165) is 26.2 Å². The van der Waals surface area contributed by atoms with Crippen molar-refractivity contribution in [2.24, 2.45) is 11.1 Å². The van der Waals surface area contributed by atoms with Crippen LogP contribution in [0.4, 0.5) is 0 Å². The number of hydrogen-bond donors (Lipinski definition) is 1. The van der Waals surface area contributed by atoms with E-state index >= 15 is 0 Å². The molecule has 1 atom stereocenters. The Hall–Kier alpha value is -0.120. The third-order valence-electron chi connectivity index (χ3n) is 5.31. The van der Waals surface area contributed by atoms with Gasteiger partial charge in [-0.2, -0.15) is 0 Å². The second-order valence-electron chi connectivity index (χ2n) is 8.13. The Labute approximate surface area is 131 Å². The van der Waals surface area contributed by atoms with Gasteiger partial charge in [0.05, 0.1) is 11.7 Å². The van der Waals surface area contributed by atoms with Gasteiger partial charge in [-0.15, -0.1) is 0 Å². The lowest BCUT2D eigenvalue weighted by Gasteiger charge is -2.36. The minimum Gasteiger partial charge on any atom is -0.370 e. The molecule has 1 spiro atoms. The first kappa shape index (κ1) is 17.2. The molecule has 1 heterocycles. The molecule has 0 amide bonds. The molecule has 2 rings (SSSR count). The molecule has 0 radical (unpaired) electrons. The van der Waals surface area contributed by atoms with Crippen molar-refractivity contribution in [2.45, 2.75) is 83.8 Å². The van der Waals surface area contributed by atoms with Crippen molar-refractivity contribution < 1.29 is 4.74 Å². The van der Waals surface area contributed by atoms with Crippen LogP contribution in [0.5, 0.6) is 0 Å². The van der Waals surface area contributed by atoms with E-state index in [2.05, 4.69) is 25.7 Å². The fourth-order valence-corrected chi connectivity index (χ4v) is 4.10. The Kier molecular flexibility index (Phi) is 6.10. The first-order valence-corrected chi connectivity index (χ1v) is 9.09. The summed E-state index contributed by atoms with van der Waals surface area (Å²) in [6.07, 6.45) is 10.9. The summed E-state index contributed by atoms with van der Waals surface area (Å²) in [5.74, 6) is 0. The van der Waals surface area contributed by atoms with Crippen LogP contribution in [0.1, 0.15) is 72.1 Å². The molecule has 1 aliphatic heterocycles. The summed E-state index contributed by atoms with van der Waals surface area (Å²) >= 11 is 0. The molecule has 0 bridgehead atoms. The average Bonchev–Trinajstić information content (AvgIpc) is 2.82. The second-order valence-corrected chi connectivity index (χ2v) is 8.13. The zero-order chi connectivity index (χ0) is 15.3. The highest BCUT2D eigenvalue weighted by molar-refractivity contribution is 4.92. The SMILES string of the molecule is CCCN(CC1CCC2(CCCCC2)O1)CC(C)(C)CN. The molecule has 1 aliphatic carbocycles. The van der Waals surface area contributed by atoms with E-state index in [1.165, 1.54) is 51.4 Å².